The average Bonchev–Trinajstić information content (AvgIpc) is 2.34. The number of guanidine groups is 2. The normalized spacial score (nSPS) is 33.0. The predicted molar refractivity (Wildman–Crippen MR) is 58.8 cm³/mol. The third-order valence-electron chi connectivity index (χ3n) is 2.96. The summed E-state index contributed by atoms with van der Waals surface area (Å²) in [7, 11) is 0. The fourth-order valence-electron chi connectivity index (χ4n) is 1.85. The molecule has 6 N–H and O–H groups in total. The molecule has 0 heterocycles. The number of aliphatic imine (C=N–C) groups is 2. The maximum Gasteiger partial charge on any atom is 0.218 e. The Bertz CT molecular complexity index is 254. The van der Waals surface area contributed by atoms with Gasteiger partial charge in [0.2, 0.25) is 5.96 Å². The molecule has 0 bridgehead atoms. The first kappa shape index (κ1) is 10.8. The van der Waals surface area contributed by atoms with Crippen LogP contribution in [0.5, 0.6) is 0 Å². The molecule has 1 saturated carbocycles. The van der Waals surface area contributed by atoms with E-state index < -0.39 is 0 Å². The van der Waals surface area contributed by atoms with E-state index in [1.165, 1.54) is 6.42 Å². The van der Waals surface area contributed by atoms with Gasteiger partial charge in [0.15, 0.2) is 5.96 Å². The minimum atomic E-state index is -0.0371. The number of hydrogen-bond acceptors (Lipinski definition) is 1. The highest BCUT2D eigenvalue weighted by Gasteiger charge is 2.29. The molecular weight excluding hydrogens is 178 g/mol. The SMILES string of the molecule is CC1CCC(N=C(N)N=C(N)N)C1C. The quantitative estimate of drug-likeness (QED) is 0.407. The number of nitrogens with two attached hydrogens (primary N) is 3. The lowest BCUT2D eigenvalue weighted by atomic mass is 9.98. The van der Waals surface area contributed by atoms with E-state index in [0.29, 0.717) is 11.8 Å². The van der Waals surface area contributed by atoms with Crippen molar-refractivity contribution >= 4 is 11.9 Å². The van der Waals surface area contributed by atoms with Gasteiger partial charge in [-0.1, -0.05) is 13.8 Å². The molecule has 0 aromatic rings. The summed E-state index contributed by atoms with van der Waals surface area (Å²) >= 11 is 0. The maximum absolute atomic E-state index is 5.56. The first-order valence-corrected chi connectivity index (χ1v) is 4.93. The van der Waals surface area contributed by atoms with Crippen molar-refractivity contribution < 1.29 is 0 Å². The highest BCUT2D eigenvalue weighted by molar-refractivity contribution is 5.92. The molecule has 0 amide bonds. The van der Waals surface area contributed by atoms with Gasteiger partial charge in [0.1, 0.15) is 0 Å². The Kier molecular flexibility index (Phi) is 3.33. The molecule has 80 valence electrons. The van der Waals surface area contributed by atoms with Gasteiger partial charge in [0, 0.05) is 0 Å². The molecule has 1 aliphatic rings. The van der Waals surface area contributed by atoms with Gasteiger partial charge in [-0.05, 0) is 24.7 Å². The van der Waals surface area contributed by atoms with E-state index >= 15 is 0 Å². The summed E-state index contributed by atoms with van der Waals surface area (Å²) in [4.78, 5) is 7.99. The Morgan fingerprint density at radius 3 is 2.21 bits per heavy atom. The van der Waals surface area contributed by atoms with Crippen molar-refractivity contribution in [2.24, 2.45) is 39.0 Å². The second kappa shape index (κ2) is 4.30. The van der Waals surface area contributed by atoms with E-state index in [1.54, 1.807) is 0 Å². The zero-order valence-electron chi connectivity index (χ0n) is 8.77. The van der Waals surface area contributed by atoms with E-state index in [1.807, 2.05) is 0 Å². The largest absolute Gasteiger partial charge is 0.370 e. The molecule has 1 rings (SSSR count). The molecule has 0 aliphatic heterocycles. The highest BCUT2D eigenvalue weighted by Crippen LogP contribution is 2.33. The zero-order valence-corrected chi connectivity index (χ0v) is 8.77. The van der Waals surface area contributed by atoms with E-state index in [9.17, 15) is 0 Å². The van der Waals surface area contributed by atoms with E-state index in [0.717, 1.165) is 6.42 Å². The smallest absolute Gasteiger partial charge is 0.218 e. The van der Waals surface area contributed by atoms with Crippen LogP contribution in [-0.2, 0) is 0 Å². The van der Waals surface area contributed by atoms with Crippen molar-refractivity contribution in [2.75, 3.05) is 0 Å². The van der Waals surface area contributed by atoms with Crippen LogP contribution in [0.1, 0.15) is 26.7 Å². The van der Waals surface area contributed by atoms with Gasteiger partial charge < -0.3 is 17.2 Å². The van der Waals surface area contributed by atoms with Gasteiger partial charge in [-0.15, -0.1) is 0 Å². The molecule has 3 atom stereocenters. The Hall–Kier alpha value is -1.26. The Labute approximate surface area is 84.5 Å². The summed E-state index contributed by atoms with van der Waals surface area (Å²) in [5.74, 6) is 1.42. The summed E-state index contributed by atoms with van der Waals surface area (Å²) in [5.41, 5.74) is 16.0. The predicted octanol–water partition coefficient (Wildman–Crippen LogP) is 0.00910. The molecule has 0 aromatic carbocycles. The Morgan fingerprint density at radius 1 is 1.14 bits per heavy atom. The van der Waals surface area contributed by atoms with Crippen LogP contribution in [0.3, 0.4) is 0 Å². The van der Waals surface area contributed by atoms with Gasteiger partial charge in [-0.3, -0.25) is 0 Å². The summed E-state index contributed by atoms with van der Waals surface area (Å²) in [5, 5.41) is 0. The first-order valence-electron chi connectivity index (χ1n) is 4.93. The van der Waals surface area contributed by atoms with Crippen LogP contribution in [0, 0.1) is 11.8 Å². The minimum Gasteiger partial charge on any atom is -0.370 e. The third kappa shape index (κ3) is 2.61. The van der Waals surface area contributed by atoms with Crippen LogP contribution >= 0.6 is 0 Å². The van der Waals surface area contributed by atoms with E-state index in [4.69, 9.17) is 17.2 Å². The molecular formula is C9H19N5. The van der Waals surface area contributed by atoms with Crippen molar-refractivity contribution in [1.29, 1.82) is 0 Å². The molecule has 14 heavy (non-hydrogen) atoms. The van der Waals surface area contributed by atoms with Crippen LogP contribution < -0.4 is 17.2 Å². The molecule has 5 heteroatoms. The molecule has 1 aliphatic carbocycles. The monoisotopic (exact) mass is 197 g/mol. The standard InChI is InChI=1S/C9H19N5/c1-5-3-4-7(6(5)2)13-9(12)14-8(10)11/h5-7H,3-4H2,1-2H3,(H6,10,11,12,13,14). The summed E-state index contributed by atoms with van der Waals surface area (Å²) in [6.45, 7) is 4.42. The van der Waals surface area contributed by atoms with Crippen molar-refractivity contribution in [2.45, 2.75) is 32.7 Å². The number of rotatable bonds is 1. The van der Waals surface area contributed by atoms with Crippen LogP contribution in [0.4, 0.5) is 0 Å². The van der Waals surface area contributed by atoms with Gasteiger partial charge in [-0.25, -0.2) is 4.99 Å². The van der Waals surface area contributed by atoms with E-state index in [2.05, 4.69) is 23.8 Å². The highest BCUT2D eigenvalue weighted by atomic mass is 15.1. The summed E-state index contributed by atoms with van der Waals surface area (Å²) < 4.78 is 0. The molecule has 0 saturated heterocycles. The summed E-state index contributed by atoms with van der Waals surface area (Å²) in [6.07, 6.45) is 2.27. The van der Waals surface area contributed by atoms with Crippen molar-refractivity contribution in [3.05, 3.63) is 0 Å². The van der Waals surface area contributed by atoms with Gasteiger partial charge in [-0.2, -0.15) is 4.99 Å². The van der Waals surface area contributed by atoms with Crippen molar-refractivity contribution in [3.8, 4) is 0 Å². The summed E-state index contributed by atoms with van der Waals surface area (Å²) in [6, 6.07) is 0.271. The van der Waals surface area contributed by atoms with Gasteiger partial charge in [0.25, 0.3) is 0 Å². The number of nitrogens with zero attached hydrogens (tertiary/aromatic N) is 2. The van der Waals surface area contributed by atoms with E-state index in [-0.39, 0.29) is 18.0 Å². The second-order valence-corrected chi connectivity index (χ2v) is 4.01. The first-order chi connectivity index (χ1) is 6.50. The zero-order chi connectivity index (χ0) is 10.7. The topological polar surface area (TPSA) is 103 Å². The molecule has 1 fully saturated rings. The minimum absolute atomic E-state index is 0.0371. The van der Waals surface area contributed by atoms with Crippen LogP contribution in [0.25, 0.3) is 0 Å². The van der Waals surface area contributed by atoms with Crippen molar-refractivity contribution in [1.82, 2.24) is 0 Å². The third-order valence-corrected chi connectivity index (χ3v) is 2.96. The van der Waals surface area contributed by atoms with Crippen LogP contribution in [0.15, 0.2) is 9.98 Å². The molecule has 3 unspecified atom stereocenters. The fourth-order valence-corrected chi connectivity index (χ4v) is 1.85. The maximum atomic E-state index is 5.56. The lowest BCUT2D eigenvalue weighted by Crippen LogP contribution is -2.27. The van der Waals surface area contributed by atoms with Crippen LogP contribution in [-0.4, -0.2) is 18.0 Å². The molecule has 0 aromatic heterocycles. The average molecular weight is 197 g/mol. The second-order valence-electron chi connectivity index (χ2n) is 4.01. The fraction of sp³-hybridized carbons (Fsp3) is 0.778. The van der Waals surface area contributed by atoms with Crippen molar-refractivity contribution in [3.63, 3.8) is 0 Å². The van der Waals surface area contributed by atoms with Crippen LogP contribution in [0.2, 0.25) is 0 Å². The lowest BCUT2D eigenvalue weighted by molar-refractivity contribution is 0.423. The molecule has 0 radical (unpaired) electrons. The van der Waals surface area contributed by atoms with Gasteiger partial charge >= 0.3 is 0 Å². The molecule has 0 spiro atoms. The lowest BCUT2D eigenvalue weighted by Gasteiger charge is -2.13. The number of hydrogen-bond donors (Lipinski definition) is 3. The Morgan fingerprint density at radius 2 is 1.79 bits per heavy atom. The Balaban J connectivity index is 2.64. The van der Waals surface area contributed by atoms with Gasteiger partial charge in [0.05, 0.1) is 6.04 Å². The molecule has 5 nitrogen and oxygen atoms in total.